The molecule has 0 bridgehead atoms. The highest BCUT2D eigenvalue weighted by molar-refractivity contribution is 5.83. The molecule has 0 spiro atoms. The third kappa shape index (κ3) is 10.5. The maximum absolute atomic E-state index is 12.3. The molecule has 0 amide bonds. The number of carbonyl (C=O) groups excluding carboxylic acids is 2. The number of carbonyl (C=O) groups is 2. The Kier molecular flexibility index (Phi) is 13.6. The molecular formula is C26H42O4. The predicted molar refractivity (Wildman–Crippen MR) is 122 cm³/mol. The van der Waals surface area contributed by atoms with Crippen LogP contribution in [0.1, 0.15) is 104 Å². The normalized spacial score (nSPS) is 20.9. The molecule has 0 aliphatic heterocycles. The van der Waals surface area contributed by atoms with Crippen LogP contribution < -0.4 is 0 Å². The second-order valence-electron chi connectivity index (χ2n) is 8.77. The standard InChI is InChI=1S/C26H42O4/c1-3-5-6-11-19-26(30,18-4-2)20-12-13-22-16-17-25(29)24(22)15-10-8-7-9-14-23(28)21-27/h12-13,22,24,27,30H,3,5-11,14-17,19-21H2,1-2H3/b13-12+/t22-,24+,26?/m0/s1. The first kappa shape index (κ1) is 26.6. The molecule has 1 aliphatic rings. The monoisotopic (exact) mass is 418 g/mol. The summed E-state index contributed by atoms with van der Waals surface area (Å²) in [7, 11) is 0. The summed E-state index contributed by atoms with van der Waals surface area (Å²) in [5, 5.41) is 19.6. The SMILES string of the molecule is CC#CC(O)(C/C=C/[C@H]1CCC(=O)[C@@H]1CCCCCCC(=O)CO)CCCCCC. The molecule has 1 fully saturated rings. The average Bonchev–Trinajstić information content (AvgIpc) is 3.07. The molecule has 1 unspecified atom stereocenters. The van der Waals surface area contributed by atoms with Gasteiger partial charge >= 0.3 is 0 Å². The molecule has 30 heavy (non-hydrogen) atoms. The van der Waals surface area contributed by atoms with Gasteiger partial charge in [-0.05, 0) is 44.9 Å². The highest BCUT2D eigenvalue weighted by Crippen LogP contribution is 2.34. The number of ketones is 2. The average molecular weight is 419 g/mol. The lowest BCUT2D eigenvalue weighted by Crippen LogP contribution is -2.25. The van der Waals surface area contributed by atoms with Crippen molar-refractivity contribution in [1.29, 1.82) is 0 Å². The number of rotatable bonds is 16. The molecule has 1 saturated carbocycles. The van der Waals surface area contributed by atoms with E-state index in [4.69, 9.17) is 5.11 Å². The van der Waals surface area contributed by atoms with Crippen molar-refractivity contribution in [2.24, 2.45) is 11.8 Å². The van der Waals surface area contributed by atoms with E-state index in [-0.39, 0.29) is 24.2 Å². The first-order chi connectivity index (χ1) is 14.5. The fourth-order valence-electron chi connectivity index (χ4n) is 4.39. The zero-order valence-corrected chi connectivity index (χ0v) is 19.1. The Hall–Kier alpha value is -1.44. The van der Waals surface area contributed by atoms with Crippen LogP contribution in [0.15, 0.2) is 12.2 Å². The summed E-state index contributed by atoms with van der Waals surface area (Å²) in [6.45, 7) is 3.59. The topological polar surface area (TPSA) is 74.6 Å². The quantitative estimate of drug-likeness (QED) is 0.206. The lowest BCUT2D eigenvalue weighted by molar-refractivity contribution is -0.122. The van der Waals surface area contributed by atoms with Gasteiger partial charge < -0.3 is 10.2 Å². The van der Waals surface area contributed by atoms with Crippen LogP contribution in [0.2, 0.25) is 0 Å². The largest absolute Gasteiger partial charge is 0.389 e. The molecule has 3 atom stereocenters. The maximum Gasteiger partial charge on any atom is 0.158 e. The molecule has 0 aromatic heterocycles. The summed E-state index contributed by atoms with van der Waals surface area (Å²) < 4.78 is 0. The lowest BCUT2D eigenvalue weighted by Gasteiger charge is -2.21. The van der Waals surface area contributed by atoms with Crippen molar-refractivity contribution in [3.05, 3.63) is 12.2 Å². The van der Waals surface area contributed by atoms with Gasteiger partial charge in [0.25, 0.3) is 0 Å². The lowest BCUT2D eigenvalue weighted by atomic mass is 9.88. The molecule has 170 valence electrons. The third-order valence-electron chi connectivity index (χ3n) is 6.19. The van der Waals surface area contributed by atoms with Crippen LogP contribution >= 0.6 is 0 Å². The minimum Gasteiger partial charge on any atom is -0.389 e. The van der Waals surface area contributed by atoms with Gasteiger partial charge in [-0.2, -0.15) is 0 Å². The molecule has 0 heterocycles. The van der Waals surface area contributed by atoms with E-state index in [2.05, 4.69) is 24.8 Å². The molecule has 4 heteroatoms. The number of hydrogen-bond donors (Lipinski definition) is 2. The minimum atomic E-state index is -0.955. The van der Waals surface area contributed by atoms with Crippen LogP contribution in [0.25, 0.3) is 0 Å². The minimum absolute atomic E-state index is 0.0928. The van der Waals surface area contributed by atoms with Gasteiger partial charge in [0.2, 0.25) is 0 Å². The molecule has 1 rings (SSSR count). The van der Waals surface area contributed by atoms with Crippen LogP contribution in [0.4, 0.5) is 0 Å². The van der Waals surface area contributed by atoms with E-state index in [0.29, 0.717) is 31.5 Å². The fraction of sp³-hybridized carbons (Fsp3) is 0.769. The van der Waals surface area contributed by atoms with Crippen molar-refractivity contribution < 1.29 is 19.8 Å². The molecule has 0 saturated heterocycles. The molecule has 0 aromatic rings. The second kappa shape index (κ2) is 15.4. The van der Waals surface area contributed by atoms with Crippen molar-refractivity contribution in [2.75, 3.05) is 6.61 Å². The van der Waals surface area contributed by atoms with Crippen molar-refractivity contribution in [1.82, 2.24) is 0 Å². The fourth-order valence-corrected chi connectivity index (χ4v) is 4.39. The zero-order valence-electron chi connectivity index (χ0n) is 19.1. The predicted octanol–water partition coefficient (Wildman–Crippen LogP) is 5.15. The first-order valence-electron chi connectivity index (χ1n) is 11.9. The van der Waals surface area contributed by atoms with Crippen molar-refractivity contribution >= 4 is 11.6 Å². The summed E-state index contributed by atoms with van der Waals surface area (Å²) in [5.41, 5.74) is -0.955. The summed E-state index contributed by atoms with van der Waals surface area (Å²) in [6, 6.07) is 0. The number of Topliss-reactive ketones (excluding diaryl/α,β-unsaturated/α-hetero) is 2. The molecular weight excluding hydrogens is 376 g/mol. The second-order valence-corrected chi connectivity index (χ2v) is 8.77. The van der Waals surface area contributed by atoms with Crippen molar-refractivity contribution in [3.8, 4) is 11.8 Å². The van der Waals surface area contributed by atoms with Gasteiger partial charge in [-0.3, -0.25) is 9.59 Å². The molecule has 1 aliphatic carbocycles. The first-order valence-corrected chi connectivity index (χ1v) is 11.9. The number of unbranched alkanes of at least 4 members (excludes halogenated alkanes) is 6. The summed E-state index contributed by atoms with van der Waals surface area (Å²) in [6.07, 6.45) is 16.6. The van der Waals surface area contributed by atoms with E-state index in [1.165, 1.54) is 12.8 Å². The summed E-state index contributed by atoms with van der Waals surface area (Å²) in [5.74, 6) is 6.51. The van der Waals surface area contributed by atoms with Crippen LogP contribution in [-0.2, 0) is 9.59 Å². The number of hydrogen-bond acceptors (Lipinski definition) is 4. The van der Waals surface area contributed by atoms with E-state index in [9.17, 15) is 14.7 Å². The molecule has 2 N–H and O–H groups in total. The van der Waals surface area contributed by atoms with Gasteiger partial charge in [-0.15, -0.1) is 5.92 Å². The third-order valence-corrected chi connectivity index (χ3v) is 6.19. The zero-order chi connectivity index (χ0) is 22.2. The van der Waals surface area contributed by atoms with Crippen molar-refractivity contribution in [2.45, 2.75) is 109 Å². The Morgan fingerprint density at radius 2 is 1.90 bits per heavy atom. The number of aliphatic hydroxyl groups excluding tert-OH is 1. The van der Waals surface area contributed by atoms with E-state index >= 15 is 0 Å². The van der Waals surface area contributed by atoms with Gasteiger partial charge in [-0.1, -0.05) is 63.5 Å². The van der Waals surface area contributed by atoms with E-state index in [0.717, 1.165) is 51.4 Å². The van der Waals surface area contributed by atoms with E-state index < -0.39 is 5.60 Å². The van der Waals surface area contributed by atoms with Crippen LogP contribution in [0.5, 0.6) is 0 Å². The van der Waals surface area contributed by atoms with Crippen molar-refractivity contribution in [3.63, 3.8) is 0 Å². The van der Waals surface area contributed by atoms with Crippen LogP contribution in [-0.4, -0.2) is 34.0 Å². The number of aliphatic hydroxyl groups is 2. The van der Waals surface area contributed by atoms with Gasteiger partial charge in [0.15, 0.2) is 5.78 Å². The van der Waals surface area contributed by atoms with Crippen LogP contribution in [0, 0.1) is 23.7 Å². The highest BCUT2D eigenvalue weighted by atomic mass is 16.3. The Balaban J connectivity index is 2.44. The summed E-state index contributed by atoms with van der Waals surface area (Å²) >= 11 is 0. The van der Waals surface area contributed by atoms with E-state index in [1.807, 2.05) is 6.08 Å². The number of allylic oxidation sites excluding steroid dienone is 1. The van der Waals surface area contributed by atoms with E-state index in [1.54, 1.807) is 6.92 Å². The van der Waals surface area contributed by atoms with Gasteiger partial charge in [0, 0.05) is 25.2 Å². The highest BCUT2D eigenvalue weighted by Gasteiger charge is 2.32. The maximum atomic E-state index is 12.3. The van der Waals surface area contributed by atoms with Gasteiger partial charge in [0.1, 0.15) is 18.0 Å². The van der Waals surface area contributed by atoms with Gasteiger partial charge in [-0.25, -0.2) is 0 Å². The molecule has 0 aromatic carbocycles. The Labute approximate surface area is 183 Å². The Morgan fingerprint density at radius 3 is 2.60 bits per heavy atom. The van der Waals surface area contributed by atoms with Gasteiger partial charge in [0.05, 0.1) is 0 Å². The van der Waals surface area contributed by atoms with Crippen LogP contribution in [0.3, 0.4) is 0 Å². The Morgan fingerprint density at radius 1 is 1.17 bits per heavy atom. The smallest absolute Gasteiger partial charge is 0.158 e. The molecule has 4 nitrogen and oxygen atoms in total. The Bertz CT molecular complexity index is 598. The molecule has 0 radical (unpaired) electrons. The summed E-state index contributed by atoms with van der Waals surface area (Å²) in [4.78, 5) is 23.4.